The largest absolute Gasteiger partial charge is 0.291 e. The number of carbonyl (C=O) groups is 1. The number of allylic oxidation sites excluding steroid dienone is 2. The number of Topliss-reactive ketones (excluding diaryl/α,β-unsaturated/α-hetero) is 1. The van der Waals surface area contributed by atoms with Crippen LogP contribution < -0.4 is 0 Å². The van der Waals surface area contributed by atoms with Crippen LogP contribution in [0.15, 0.2) is 66.2 Å². The van der Waals surface area contributed by atoms with Crippen LogP contribution in [0.4, 0.5) is 0 Å². The summed E-state index contributed by atoms with van der Waals surface area (Å²) >= 11 is 0. The highest BCUT2D eigenvalue weighted by molar-refractivity contribution is 6.34. The lowest BCUT2D eigenvalue weighted by Gasteiger charge is -2.33. The molecule has 2 heteroatoms. The molecule has 0 saturated carbocycles. The fraction of sp³-hybridized carbons (Fsp3) is 0.100. The van der Waals surface area contributed by atoms with E-state index in [4.69, 9.17) is 0 Å². The Morgan fingerprint density at radius 2 is 1.55 bits per heavy atom. The molecule has 0 heterocycles. The molecule has 0 aliphatic heterocycles. The lowest BCUT2D eigenvalue weighted by molar-refractivity contribution is -0.118. The van der Waals surface area contributed by atoms with Gasteiger partial charge in [0, 0.05) is 11.1 Å². The Hall–Kier alpha value is -3.10. The third-order valence-electron chi connectivity index (χ3n) is 3.90. The molecule has 0 saturated heterocycles. The Morgan fingerprint density at radius 1 is 0.955 bits per heavy atom. The summed E-state index contributed by atoms with van der Waals surface area (Å²) in [5.41, 5.74) is 1.68. The maximum Gasteiger partial charge on any atom is 0.202 e. The van der Waals surface area contributed by atoms with Crippen molar-refractivity contribution in [3.63, 3.8) is 0 Å². The Kier molecular flexibility index (Phi) is 3.37. The standard InChI is InChI=1S/C20H13NO/c1-15-18(17-10-6-3-7-11-17)19(22)20(15,14-21)13-12-16-8-4-2-5-9-16/h2-11H,1H3. The van der Waals surface area contributed by atoms with Gasteiger partial charge in [0.2, 0.25) is 5.41 Å². The van der Waals surface area contributed by atoms with Gasteiger partial charge in [-0.15, -0.1) is 0 Å². The number of ketones is 1. The first kappa shape index (κ1) is 13.9. The molecule has 0 N–H and O–H groups in total. The topological polar surface area (TPSA) is 40.9 Å². The molecule has 1 atom stereocenters. The molecule has 2 aromatic carbocycles. The van der Waals surface area contributed by atoms with Crippen LogP contribution in [0.25, 0.3) is 5.57 Å². The van der Waals surface area contributed by atoms with Crippen LogP contribution in [0.2, 0.25) is 0 Å². The molecule has 0 radical (unpaired) electrons. The molecule has 2 nitrogen and oxygen atoms in total. The zero-order valence-electron chi connectivity index (χ0n) is 12.1. The fourth-order valence-corrected chi connectivity index (χ4v) is 2.61. The smallest absolute Gasteiger partial charge is 0.202 e. The van der Waals surface area contributed by atoms with Crippen molar-refractivity contribution in [1.29, 1.82) is 5.26 Å². The van der Waals surface area contributed by atoms with E-state index in [0.717, 1.165) is 16.7 Å². The van der Waals surface area contributed by atoms with Crippen LogP contribution in [0.1, 0.15) is 18.1 Å². The molecule has 1 aliphatic rings. The third-order valence-corrected chi connectivity index (χ3v) is 3.90. The zero-order chi connectivity index (χ0) is 15.6. The van der Waals surface area contributed by atoms with Crippen LogP contribution in [-0.2, 0) is 4.79 Å². The number of benzene rings is 2. The second-order valence-electron chi connectivity index (χ2n) is 5.17. The van der Waals surface area contributed by atoms with Gasteiger partial charge in [-0.2, -0.15) is 5.26 Å². The summed E-state index contributed by atoms with van der Waals surface area (Å²) < 4.78 is 0. The summed E-state index contributed by atoms with van der Waals surface area (Å²) in [7, 11) is 0. The average Bonchev–Trinajstić information content (AvgIpc) is 2.58. The predicted octanol–water partition coefficient (Wildman–Crippen LogP) is 3.60. The van der Waals surface area contributed by atoms with Crippen molar-refractivity contribution in [2.45, 2.75) is 6.92 Å². The van der Waals surface area contributed by atoms with Gasteiger partial charge in [-0.05, 0) is 30.2 Å². The molecule has 22 heavy (non-hydrogen) atoms. The van der Waals surface area contributed by atoms with Gasteiger partial charge in [0.25, 0.3) is 0 Å². The molecular weight excluding hydrogens is 270 g/mol. The molecule has 1 aliphatic carbocycles. The molecule has 0 aromatic heterocycles. The normalized spacial score (nSPS) is 19.7. The summed E-state index contributed by atoms with van der Waals surface area (Å²) in [6, 6.07) is 20.9. The Labute approximate surface area is 129 Å². The maximum absolute atomic E-state index is 12.6. The van der Waals surface area contributed by atoms with Crippen LogP contribution in [0, 0.1) is 28.6 Å². The van der Waals surface area contributed by atoms with Crippen molar-refractivity contribution in [2.75, 3.05) is 0 Å². The van der Waals surface area contributed by atoms with Gasteiger partial charge in [0.1, 0.15) is 0 Å². The molecule has 2 aromatic rings. The fourth-order valence-electron chi connectivity index (χ4n) is 2.61. The number of rotatable bonds is 1. The average molecular weight is 283 g/mol. The Bertz CT molecular complexity index is 861. The first-order valence-corrected chi connectivity index (χ1v) is 7.00. The van der Waals surface area contributed by atoms with E-state index in [-0.39, 0.29) is 5.78 Å². The van der Waals surface area contributed by atoms with E-state index in [1.165, 1.54) is 0 Å². The van der Waals surface area contributed by atoms with E-state index in [1.54, 1.807) is 0 Å². The van der Waals surface area contributed by atoms with Crippen molar-refractivity contribution in [3.8, 4) is 17.9 Å². The van der Waals surface area contributed by atoms with Crippen LogP contribution in [0.3, 0.4) is 0 Å². The minimum atomic E-state index is -1.30. The van der Waals surface area contributed by atoms with E-state index < -0.39 is 5.41 Å². The highest BCUT2D eigenvalue weighted by atomic mass is 16.1. The monoisotopic (exact) mass is 283 g/mol. The van der Waals surface area contributed by atoms with E-state index in [0.29, 0.717) is 5.57 Å². The van der Waals surface area contributed by atoms with E-state index in [9.17, 15) is 10.1 Å². The van der Waals surface area contributed by atoms with Crippen molar-refractivity contribution in [2.24, 2.45) is 5.41 Å². The van der Waals surface area contributed by atoms with Crippen molar-refractivity contribution < 1.29 is 4.79 Å². The molecular formula is C20H13NO. The van der Waals surface area contributed by atoms with Crippen LogP contribution in [0.5, 0.6) is 0 Å². The van der Waals surface area contributed by atoms with Crippen LogP contribution >= 0.6 is 0 Å². The molecule has 0 amide bonds. The quantitative estimate of drug-likeness (QED) is 0.750. The zero-order valence-corrected chi connectivity index (χ0v) is 12.1. The third kappa shape index (κ3) is 2.03. The number of hydrogen-bond acceptors (Lipinski definition) is 2. The summed E-state index contributed by atoms with van der Waals surface area (Å²) in [6.07, 6.45) is 0. The lowest BCUT2D eigenvalue weighted by Crippen LogP contribution is -2.40. The highest BCUT2D eigenvalue weighted by Crippen LogP contribution is 2.46. The lowest BCUT2D eigenvalue weighted by atomic mass is 9.63. The predicted molar refractivity (Wildman–Crippen MR) is 85.4 cm³/mol. The summed E-state index contributed by atoms with van der Waals surface area (Å²) in [4.78, 5) is 12.6. The van der Waals surface area contributed by atoms with Crippen molar-refractivity contribution >= 4 is 11.4 Å². The Morgan fingerprint density at radius 3 is 2.09 bits per heavy atom. The molecule has 3 rings (SSSR count). The maximum atomic E-state index is 12.6. The SMILES string of the molecule is CC1=C(c2ccccc2)C(=O)C1(C#N)C#Cc1ccccc1. The minimum Gasteiger partial charge on any atom is -0.291 e. The summed E-state index contributed by atoms with van der Waals surface area (Å²) in [5, 5.41) is 9.51. The number of hydrogen-bond donors (Lipinski definition) is 0. The minimum absolute atomic E-state index is 0.206. The first-order chi connectivity index (χ1) is 10.7. The molecule has 0 spiro atoms. The van der Waals surface area contributed by atoms with Gasteiger partial charge in [-0.1, -0.05) is 60.4 Å². The molecule has 104 valence electrons. The van der Waals surface area contributed by atoms with Crippen molar-refractivity contribution in [3.05, 3.63) is 77.4 Å². The van der Waals surface area contributed by atoms with E-state index in [1.807, 2.05) is 67.6 Å². The van der Waals surface area contributed by atoms with Gasteiger partial charge < -0.3 is 0 Å². The second-order valence-corrected chi connectivity index (χ2v) is 5.17. The summed E-state index contributed by atoms with van der Waals surface area (Å²) in [5.74, 6) is 5.62. The van der Waals surface area contributed by atoms with E-state index in [2.05, 4.69) is 17.9 Å². The van der Waals surface area contributed by atoms with Gasteiger partial charge in [-0.25, -0.2) is 0 Å². The van der Waals surface area contributed by atoms with E-state index >= 15 is 0 Å². The van der Waals surface area contributed by atoms with Gasteiger partial charge in [0.15, 0.2) is 5.78 Å². The molecule has 1 unspecified atom stereocenters. The number of nitrogens with zero attached hydrogens (tertiary/aromatic N) is 1. The first-order valence-electron chi connectivity index (χ1n) is 7.00. The van der Waals surface area contributed by atoms with Crippen molar-refractivity contribution in [1.82, 2.24) is 0 Å². The molecule has 0 fully saturated rings. The van der Waals surface area contributed by atoms with Crippen LogP contribution in [-0.4, -0.2) is 5.78 Å². The molecule has 0 bridgehead atoms. The Balaban J connectivity index is 2.04. The number of nitriles is 1. The number of carbonyl (C=O) groups excluding carboxylic acids is 1. The van der Waals surface area contributed by atoms with Gasteiger partial charge >= 0.3 is 0 Å². The van der Waals surface area contributed by atoms with Gasteiger partial charge in [-0.3, -0.25) is 4.79 Å². The second kappa shape index (κ2) is 5.35. The summed E-state index contributed by atoms with van der Waals surface area (Å²) in [6.45, 7) is 1.81. The van der Waals surface area contributed by atoms with Gasteiger partial charge in [0.05, 0.1) is 6.07 Å². The highest BCUT2D eigenvalue weighted by Gasteiger charge is 2.51.